The average molecular weight is 267 g/mol. The molecule has 0 spiro atoms. The molecule has 1 aromatic heterocycles. The summed E-state index contributed by atoms with van der Waals surface area (Å²) in [6.45, 7) is 4.16. The molecule has 0 aliphatic rings. The lowest BCUT2D eigenvalue weighted by molar-refractivity contribution is 0.908. The van der Waals surface area contributed by atoms with Gasteiger partial charge in [-0.2, -0.15) is 10.5 Å². The summed E-state index contributed by atoms with van der Waals surface area (Å²) in [4.78, 5) is 2.53. The molecule has 0 fully saturated rings. The highest BCUT2D eigenvalue weighted by Crippen LogP contribution is 2.26. The molecule has 3 nitrogen and oxygen atoms in total. The van der Waals surface area contributed by atoms with Crippen molar-refractivity contribution in [1.82, 2.24) is 0 Å². The molecule has 1 aromatic carbocycles. The zero-order chi connectivity index (χ0) is 13.8. The maximum atomic E-state index is 9.00. The van der Waals surface area contributed by atoms with E-state index in [0.717, 1.165) is 5.69 Å². The first kappa shape index (κ1) is 13.1. The van der Waals surface area contributed by atoms with E-state index in [1.807, 2.05) is 18.2 Å². The van der Waals surface area contributed by atoms with Crippen LogP contribution < -0.4 is 5.32 Å². The zero-order valence-electron chi connectivity index (χ0n) is 10.8. The Labute approximate surface area is 116 Å². The molecule has 1 N–H and O–H groups in total. The third-order valence-electron chi connectivity index (χ3n) is 2.83. The predicted octanol–water partition coefficient (Wildman–Crippen LogP) is 3.97. The molecule has 4 heteroatoms. The molecule has 2 rings (SSSR count). The van der Waals surface area contributed by atoms with Gasteiger partial charge in [0.2, 0.25) is 0 Å². The monoisotopic (exact) mass is 267 g/mol. The molecule has 0 amide bonds. The first-order valence-electron chi connectivity index (χ1n) is 5.91. The molecule has 0 bridgehead atoms. The van der Waals surface area contributed by atoms with Crippen LogP contribution in [0, 0.1) is 29.6 Å². The van der Waals surface area contributed by atoms with E-state index >= 15 is 0 Å². The second kappa shape index (κ2) is 5.56. The van der Waals surface area contributed by atoms with E-state index in [1.54, 1.807) is 23.5 Å². The van der Waals surface area contributed by atoms with E-state index in [2.05, 4.69) is 31.3 Å². The van der Waals surface area contributed by atoms with Crippen LogP contribution in [-0.2, 0) is 0 Å². The Morgan fingerprint density at radius 1 is 1.11 bits per heavy atom. The molecular formula is C15H13N3S. The van der Waals surface area contributed by atoms with Gasteiger partial charge in [-0.1, -0.05) is 0 Å². The molecule has 1 atom stereocenters. The van der Waals surface area contributed by atoms with Gasteiger partial charge in [-0.15, -0.1) is 11.3 Å². The number of hydrogen-bond donors (Lipinski definition) is 1. The summed E-state index contributed by atoms with van der Waals surface area (Å²) < 4.78 is 0. The topological polar surface area (TPSA) is 59.6 Å². The van der Waals surface area contributed by atoms with E-state index in [4.69, 9.17) is 10.5 Å². The van der Waals surface area contributed by atoms with Crippen LogP contribution >= 0.6 is 11.3 Å². The molecule has 1 unspecified atom stereocenters. The maximum absolute atomic E-state index is 9.00. The molecule has 19 heavy (non-hydrogen) atoms. The van der Waals surface area contributed by atoms with Gasteiger partial charge in [-0.05, 0) is 44.2 Å². The number of benzene rings is 1. The summed E-state index contributed by atoms with van der Waals surface area (Å²) in [6.07, 6.45) is 0. The number of rotatable bonds is 3. The van der Waals surface area contributed by atoms with E-state index in [-0.39, 0.29) is 6.04 Å². The van der Waals surface area contributed by atoms with Gasteiger partial charge in [0, 0.05) is 15.4 Å². The predicted molar refractivity (Wildman–Crippen MR) is 77.0 cm³/mol. The summed E-state index contributed by atoms with van der Waals surface area (Å²) in [6, 6.07) is 13.7. The minimum Gasteiger partial charge on any atom is -0.378 e. The number of nitriles is 2. The zero-order valence-corrected chi connectivity index (χ0v) is 11.6. The van der Waals surface area contributed by atoms with Gasteiger partial charge in [0.25, 0.3) is 0 Å². The molecular weight excluding hydrogens is 254 g/mol. The summed E-state index contributed by atoms with van der Waals surface area (Å²) in [5, 5.41) is 21.2. The maximum Gasteiger partial charge on any atom is 0.101 e. The van der Waals surface area contributed by atoms with Crippen molar-refractivity contribution in [3.63, 3.8) is 0 Å². The van der Waals surface area contributed by atoms with Gasteiger partial charge in [-0.3, -0.25) is 0 Å². The van der Waals surface area contributed by atoms with Gasteiger partial charge in [0.15, 0.2) is 0 Å². The van der Waals surface area contributed by atoms with Gasteiger partial charge >= 0.3 is 0 Å². The molecule has 0 radical (unpaired) electrons. The Morgan fingerprint density at radius 3 is 2.42 bits per heavy atom. The Morgan fingerprint density at radius 2 is 1.84 bits per heavy atom. The molecule has 2 aromatic rings. The molecule has 1 heterocycles. The highest BCUT2D eigenvalue weighted by atomic mass is 32.1. The number of nitrogens with zero attached hydrogens (tertiary/aromatic N) is 2. The first-order valence-corrected chi connectivity index (χ1v) is 6.73. The second-order valence-corrected chi connectivity index (χ2v) is 5.62. The van der Waals surface area contributed by atoms with Crippen molar-refractivity contribution in [3.05, 3.63) is 51.2 Å². The second-order valence-electron chi connectivity index (χ2n) is 4.30. The van der Waals surface area contributed by atoms with Crippen LogP contribution in [0.15, 0.2) is 30.3 Å². The minimum atomic E-state index is 0.179. The van der Waals surface area contributed by atoms with E-state index < -0.39 is 0 Å². The van der Waals surface area contributed by atoms with Crippen LogP contribution in [0.25, 0.3) is 0 Å². The van der Waals surface area contributed by atoms with Gasteiger partial charge in [-0.25, -0.2) is 0 Å². The van der Waals surface area contributed by atoms with Crippen molar-refractivity contribution in [3.8, 4) is 12.1 Å². The summed E-state index contributed by atoms with van der Waals surface area (Å²) in [7, 11) is 0. The fourth-order valence-corrected chi connectivity index (χ4v) is 2.71. The van der Waals surface area contributed by atoms with Crippen molar-refractivity contribution in [2.75, 3.05) is 5.32 Å². The minimum absolute atomic E-state index is 0.179. The van der Waals surface area contributed by atoms with Crippen molar-refractivity contribution < 1.29 is 0 Å². The third-order valence-corrected chi connectivity index (χ3v) is 4.01. The fraction of sp³-hybridized carbons (Fsp3) is 0.200. The van der Waals surface area contributed by atoms with Crippen molar-refractivity contribution in [2.24, 2.45) is 0 Å². The SMILES string of the molecule is Cc1ccc(C(C)Nc2ccc(C#N)c(C#N)c2)s1. The lowest BCUT2D eigenvalue weighted by Crippen LogP contribution is -2.05. The van der Waals surface area contributed by atoms with Gasteiger partial charge < -0.3 is 5.32 Å². The van der Waals surface area contributed by atoms with Crippen LogP contribution in [0.2, 0.25) is 0 Å². The highest BCUT2D eigenvalue weighted by molar-refractivity contribution is 7.12. The van der Waals surface area contributed by atoms with Crippen LogP contribution in [0.3, 0.4) is 0 Å². The largest absolute Gasteiger partial charge is 0.378 e. The number of thiophene rings is 1. The smallest absolute Gasteiger partial charge is 0.101 e. The van der Waals surface area contributed by atoms with Crippen LogP contribution in [0.1, 0.15) is 33.8 Å². The van der Waals surface area contributed by atoms with Crippen LogP contribution in [0.5, 0.6) is 0 Å². The number of nitrogens with one attached hydrogen (secondary N) is 1. The first-order chi connectivity index (χ1) is 9.13. The quantitative estimate of drug-likeness (QED) is 0.915. The van der Waals surface area contributed by atoms with Crippen molar-refractivity contribution >= 4 is 17.0 Å². The molecule has 0 aliphatic heterocycles. The summed E-state index contributed by atoms with van der Waals surface area (Å²) in [5.74, 6) is 0. The number of anilines is 1. The standard InChI is InChI=1S/C15H13N3S/c1-10-3-6-15(19-10)11(2)18-14-5-4-12(8-16)13(7-14)9-17/h3-7,11,18H,1-2H3. The Balaban J connectivity index is 2.20. The van der Waals surface area contributed by atoms with E-state index in [1.165, 1.54) is 9.75 Å². The molecule has 0 saturated heterocycles. The Hall–Kier alpha value is -2.30. The molecule has 0 saturated carbocycles. The Kier molecular flexibility index (Phi) is 3.85. The molecule has 94 valence electrons. The summed E-state index contributed by atoms with van der Waals surface area (Å²) in [5.41, 5.74) is 1.67. The van der Waals surface area contributed by atoms with Crippen molar-refractivity contribution in [2.45, 2.75) is 19.9 Å². The fourth-order valence-electron chi connectivity index (χ4n) is 1.83. The van der Waals surface area contributed by atoms with Gasteiger partial charge in [0.05, 0.1) is 17.2 Å². The van der Waals surface area contributed by atoms with Crippen LogP contribution in [0.4, 0.5) is 5.69 Å². The van der Waals surface area contributed by atoms with Crippen LogP contribution in [-0.4, -0.2) is 0 Å². The number of aryl methyl sites for hydroxylation is 1. The van der Waals surface area contributed by atoms with Gasteiger partial charge in [0.1, 0.15) is 12.1 Å². The summed E-state index contributed by atoms with van der Waals surface area (Å²) >= 11 is 1.75. The van der Waals surface area contributed by atoms with E-state index in [0.29, 0.717) is 11.1 Å². The third kappa shape index (κ3) is 2.93. The highest BCUT2D eigenvalue weighted by Gasteiger charge is 2.09. The average Bonchev–Trinajstić information content (AvgIpc) is 2.85. The lowest BCUT2D eigenvalue weighted by Gasteiger charge is -2.14. The molecule has 0 aliphatic carbocycles. The van der Waals surface area contributed by atoms with E-state index in [9.17, 15) is 0 Å². The van der Waals surface area contributed by atoms with Crippen molar-refractivity contribution in [1.29, 1.82) is 10.5 Å². The Bertz CT molecular complexity index is 673. The lowest BCUT2D eigenvalue weighted by atomic mass is 10.1. The normalized spacial score (nSPS) is 11.4. The number of hydrogen-bond acceptors (Lipinski definition) is 4.